The van der Waals surface area contributed by atoms with Crippen LogP contribution in [0.25, 0.3) is 0 Å². The number of amides is 2. The largest absolute Gasteiger partial charge is 0.334 e. The summed E-state index contributed by atoms with van der Waals surface area (Å²) in [6.07, 6.45) is 1.38. The van der Waals surface area contributed by atoms with Gasteiger partial charge in [-0.25, -0.2) is 18.2 Å². The molecule has 26 heavy (non-hydrogen) atoms. The van der Waals surface area contributed by atoms with Gasteiger partial charge >= 0.3 is 6.03 Å². The van der Waals surface area contributed by atoms with Crippen LogP contribution < -0.4 is 5.32 Å². The molecular weight excluding hydrogens is 356 g/mol. The standard InChI is InChI=1S/C16H24N6O3S/c1-4-22(5-2)26(24,25)14-8-6-13(7-9-14)10-17-16(23)21(3)11-15-18-12-19-20-15/h6-9,12H,4-5,10-11H2,1-3H3,(H,17,23)(H,18,19,20). The first kappa shape index (κ1) is 19.9. The predicted molar refractivity (Wildman–Crippen MR) is 96.6 cm³/mol. The minimum Gasteiger partial charge on any atom is -0.334 e. The van der Waals surface area contributed by atoms with Crippen molar-refractivity contribution >= 4 is 16.1 Å². The Morgan fingerprint density at radius 3 is 2.38 bits per heavy atom. The fourth-order valence-electron chi connectivity index (χ4n) is 2.41. The summed E-state index contributed by atoms with van der Waals surface area (Å²) in [5.41, 5.74) is 0.810. The van der Waals surface area contributed by atoms with E-state index in [9.17, 15) is 13.2 Å². The van der Waals surface area contributed by atoms with E-state index in [2.05, 4.69) is 20.5 Å². The molecule has 0 bridgehead atoms. The van der Waals surface area contributed by atoms with E-state index < -0.39 is 10.0 Å². The first-order chi connectivity index (χ1) is 12.4. The molecule has 1 aromatic heterocycles. The summed E-state index contributed by atoms with van der Waals surface area (Å²) < 4.78 is 26.3. The highest BCUT2D eigenvalue weighted by Gasteiger charge is 2.21. The van der Waals surface area contributed by atoms with E-state index in [1.54, 1.807) is 45.2 Å². The van der Waals surface area contributed by atoms with Crippen LogP contribution >= 0.6 is 0 Å². The predicted octanol–water partition coefficient (Wildman–Crippen LogP) is 1.18. The van der Waals surface area contributed by atoms with Crippen LogP contribution in [-0.4, -0.2) is 59.0 Å². The molecule has 2 rings (SSSR count). The molecule has 0 aliphatic rings. The first-order valence-electron chi connectivity index (χ1n) is 8.30. The molecule has 9 nitrogen and oxygen atoms in total. The molecule has 0 atom stereocenters. The van der Waals surface area contributed by atoms with Gasteiger partial charge in [-0.15, -0.1) is 0 Å². The Hall–Kier alpha value is -2.46. The third-order valence-electron chi connectivity index (χ3n) is 3.91. The number of H-pyrrole nitrogens is 1. The number of rotatable bonds is 8. The van der Waals surface area contributed by atoms with Gasteiger partial charge in [0.05, 0.1) is 11.4 Å². The highest BCUT2D eigenvalue weighted by Crippen LogP contribution is 2.16. The van der Waals surface area contributed by atoms with Crippen LogP contribution in [0.5, 0.6) is 0 Å². The fourth-order valence-corrected chi connectivity index (χ4v) is 3.87. The molecule has 2 amide bonds. The Balaban J connectivity index is 1.93. The molecule has 0 saturated carbocycles. The van der Waals surface area contributed by atoms with Crippen molar-refractivity contribution in [2.75, 3.05) is 20.1 Å². The van der Waals surface area contributed by atoms with Crippen molar-refractivity contribution in [3.05, 3.63) is 42.0 Å². The lowest BCUT2D eigenvalue weighted by Crippen LogP contribution is -2.36. The molecule has 1 heterocycles. The van der Waals surface area contributed by atoms with Gasteiger partial charge in [0.25, 0.3) is 0 Å². The molecular formula is C16H24N6O3S. The van der Waals surface area contributed by atoms with E-state index in [-0.39, 0.29) is 10.9 Å². The molecule has 0 radical (unpaired) electrons. The topological polar surface area (TPSA) is 111 Å². The van der Waals surface area contributed by atoms with Crippen molar-refractivity contribution < 1.29 is 13.2 Å². The van der Waals surface area contributed by atoms with E-state index in [1.165, 1.54) is 15.5 Å². The first-order valence-corrected chi connectivity index (χ1v) is 9.74. The molecule has 0 saturated heterocycles. The van der Waals surface area contributed by atoms with Gasteiger partial charge < -0.3 is 10.2 Å². The van der Waals surface area contributed by atoms with E-state index in [0.717, 1.165) is 5.56 Å². The van der Waals surface area contributed by atoms with Gasteiger partial charge in [0.1, 0.15) is 12.2 Å². The smallest absolute Gasteiger partial charge is 0.317 e. The Kier molecular flexibility index (Phi) is 6.70. The van der Waals surface area contributed by atoms with Crippen LogP contribution in [0.2, 0.25) is 0 Å². The average Bonchev–Trinajstić information content (AvgIpc) is 3.13. The number of aromatic nitrogens is 3. The molecule has 0 fully saturated rings. The van der Waals surface area contributed by atoms with Gasteiger partial charge in [-0.2, -0.15) is 9.40 Å². The van der Waals surface area contributed by atoms with Crippen molar-refractivity contribution in [2.24, 2.45) is 0 Å². The van der Waals surface area contributed by atoms with Crippen molar-refractivity contribution in [3.63, 3.8) is 0 Å². The number of aromatic amines is 1. The zero-order chi connectivity index (χ0) is 19.2. The summed E-state index contributed by atoms with van der Waals surface area (Å²) in [6, 6.07) is 6.27. The van der Waals surface area contributed by atoms with Gasteiger partial charge in [-0.05, 0) is 17.7 Å². The minimum atomic E-state index is -3.47. The molecule has 0 aliphatic carbocycles. The lowest BCUT2D eigenvalue weighted by molar-refractivity contribution is 0.205. The number of hydrogen-bond donors (Lipinski definition) is 2. The maximum absolute atomic E-state index is 12.4. The second kappa shape index (κ2) is 8.77. The van der Waals surface area contributed by atoms with Crippen molar-refractivity contribution in [2.45, 2.75) is 31.8 Å². The van der Waals surface area contributed by atoms with Gasteiger partial charge in [-0.3, -0.25) is 5.10 Å². The third-order valence-corrected chi connectivity index (χ3v) is 5.97. The number of hydrogen-bond acceptors (Lipinski definition) is 5. The summed E-state index contributed by atoms with van der Waals surface area (Å²) in [4.78, 5) is 17.8. The van der Waals surface area contributed by atoms with E-state index in [4.69, 9.17) is 0 Å². The highest BCUT2D eigenvalue weighted by molar-refractivity contribution is 7.89. The monoisotopic (exact) mass is 380 g/mol. The number of sulfonamides is 1. The molecule has 10 heteroatoms. The lowest BCUT2D eigenvalue weighted by atomic mass is 10.2. The minimum absolute atomic E-state index is 0.249. The second-order valence-corrected chi connectivity index (χ2v) is 7.62. The number of nitrogens with one attached hydrogen (secondary N) is 2. The van der Waals surface area contributed by atoms with Gasteiger partial charge in [0, 0.05) is 26.7 Å². The van der Waals surface area contributed by atoms with E-state index in [0.29, 0.717) is 32.0 Å². The van der Waals surface area contributed by atoms with E-state index >= 15 is 0 Å². The molecule has 0 unspecified atom stereocenters. The summed E-state index contributed by atoms with van der Waals surface area (Å²) in [5.74, 6) is 0.591. The SMILES string of the molecule is CCN(CC)S(=O)(=O)c1ccc(CNC(=O)N(C)Cc2ncn[nH]2)cc1. The van der Waals surface area contributed by atoms with E-state index in [1.807, 2.05) is 0 Å². The van der Waals surface area contributed by atoms with Crippen LogP contribution in [0.15, 0.2) is 35.5 Å². The highest BCUT2D eigenvalue weighted by atomic mass is 32.2. The second-order valence-electron chi connectivity index (χ2n) is 5.68. The van der Waals surface area contributed by atoms with Gasteiger partial charge in [0.2, 0.25) is 10.0 Å². The number of benzene rings is 1. The van der Waals surface area contributed by atoms with Crippen molar-refractivity contribution in [1.29, 1.82) is 0 Å². The maximum atomic E-state index is 12.4. The van der Waals surface area contributed by atoms with Crippen LogP contribution in [0.1, 0.15) is 25.2 Å². The Labute approximate surface area is 153 Å². The summed E-state index contributed by atoms with van der Waals surface area (Å²) in [6.45, 7) is 5.07. The maximum Gasteiger partial charge on any atom is 0.317 e. The summed E-state index contributed by atoms with van der Waals surface area (Å²) in [7, 11) is -1.82. The average molecular weight is 380 g/mol. The fraction of sp³-hybridized carbons (Fsp3) is 0.438. The Morgan fingerprint density at radius 2 is 1.85 bits per heavy atom. The number of urea groups is 1. The molecule has 2 aromatic rings. The van der Waals surface area contributed by atoms with Crippen LogP contribution in [0, 0.1) is 0 Å². The summed E-state index contributed by atoms with van der Waals surface area (Å²) in [5, 5.41) is 9.21. The van der Waals surface area contributed by atoms with Crippen molar-refractivity contribution in [3.8, 4) is 0 Å². The van der Waals surface area contributed by atoms with Gasteiger partial charge in [0.15, 0.2) is 0 Å². The van der Waals surface area contributed by atoms with Gasteiger partial charge in [-0.1, -0.05) is 26.0 Å². The molecule has 142 valence electrons. The van der Waals surface area contributed by atoms with Crippen LogP contribution in [0.4, 0.5) is 4.79 Å². The molecule has 2 N–H and O–H groups in total. The van der Waals surface area contributed by atoms with Crippen molar-refractivity contribution in [1.82, 2.24) is 29.7 Å². The zero-order valence-electron chi connectivity index (χ0n) is 15.1. The van der Waals surface area contributed by atoms with Crippen LogP contribution in [-0.2, 0) is 23.1 Å². The number of carbonyl (C=O) groups is 1. The molecule has 1 aromatic carbocycles. The quantitative estimate of drug-likeness (QED) is 0.714. The lowest BCUT2D eigenvalue weighted by Gasteiger charge is -2.19. The normalized spacial score (nSPS) is 11.5. The Bertz CT molecular complexity index is 801. The Morgan fingerprint density at radius 1 is 1.19 bits per heavy atom. The third kappa shape index (κ3) is 4.79. The number of nitrogens with zero attached hydrogens (tertiary/aromatic N) is 4. The zero-order valence-corrected chi connectivity index (χ0v) is 16.0. The van der Waals surface area contributed by atoms with Crippen LogP contribution in [0.3, 0.4) is 0 Å². The molecule has 0 spiro atoms. The molecule has 0 aliphatic heterocycles. The summed E-state index contributed by atoms with van der Waals surface area (Å²) >= 11 is 0. The number of carbonyl (C=O) groups excluding carboxylic acids is 1.